The zero-order chi connectivity index (χ0) is 51.0. The van der Waals surface area contributed by atoms with Crippen molar-refractivity contribution >= 4 is 108 Å². The third-order valence-corrected chi connectivity index (χ3v) is 17.3. The lowest BCUT2D eigenvalue weighted by atomic mass is 9.82. The summed E-state index contributed by atoms with van der Waals surface area (Å²) >= 11 is 0. The van der Waals surface area contributed by atoms with Crippen molar-refractivity contribution in [1.82, 2.24) is 0 Å². The number of hydrogen-bond acceptors (Lipinski definition) is 0. The second-order valence-electron chi connectivity index (χ2n) is 21.2. The van der Waals surface area contributed by atoms with E-state index in [0.717, 1.165) is 0 Å². The van der Waals surface area contributed by atoms with E-state index in [4.69, 9.17) is 0 Å². The molecule has 358 valence electrons. The summed E-state index contributed by atoms with van der Waals surface area (Å²) in [6.45, 7) is 0. The fourth-order valence-corrected chi connectivity index (χ4v) is 14.2. The molecular formula is C78H46. The van der Waals surface area contributed by atoms with Crippen molar-refractivity contribution in [2.45, 2.75) is 0 Å². The van der Waals surface area contributed by atoms with E-state index in [1.165, 1.54) is 174 Å². The van der Waals surface area contributed by atoms with Crippen LogP contribution in [0.15, 0.2) is 279 Å². The van der Waals surface area contributed by atoms with Gasteiger partial charge in [-0.05, 0) is 193 Å². The number of hydrogen-bond donors (Lipinski definition) is 0. The van der Waals surface area contributed by atoms with E-state index in [1.807, 2.05) is 0 Å². The molecule has 0 bridgehead atoms. The van der Waals surface area contributed by atoms with Crippen molar-refractivity contribution in [3.8, 4) is 66.8 Å². The van der Waals surface area contributed by atoms with Crippen LogP contribution in [-0.2, 0) is 0 Å². The third kappa shape index (κ3) is 6.06. The van der Waals surface area contributed by atoms with E-state index in [1.54, 1.807) is 0 Å². The Morgan fingerprint density at radius 2 is 0.615 bits per heavy atom. The molecule has 0 heteroatoms. The van der Waals surface area contributed by atoms with Gasteiger partial charge >= 0.3 is 0 Å². The van der Waals surface area contributed by atoms with Crippen LogP contribution in [0.3, 0.4) is 0 Å². The van der Waals surface area contributed by atoms with Crippen molar-refractivity contribution in [1.29, 1.82) is 0 Å². The normalized spacial score (nSPS) is 12.1. The Morgan fingerprint density at radius 1 is 0.141 bits per heavy atom. The summed E-state index contributed by atoms with van der Waals surface area (Å²) in [6, 6.07) is 105. The molecule has 0 radical (unpaired) electrons. The molecule has 0 N–H and O–H groups in total. The van der Waals surface area contributed by atoms with Crippen molar-refractivity contribution in [2.75, 3.05) is 0 Å². The Hall–Kier alpha value is -10.1. The second kappa shape index (κ2) is 16.7. The lowest BCUT2D eigenvalue weighted by molar-refractivity contribution is 1.61. The minimum Gasteiger partial charge on any atom is -0.0622 e. The van der Waals surface area contributed by atoms with Crippen molar-refractivity contribution in [3.63, 3.8) is 0 Å². The molecular weight excluding hydrogens is 937 g/mol. The molecule has 78 heavy (non-hydrogen) atoms. The maximum Gasteiger partial charge on any atom is -0.000696 e. The third-order valence-electron chi connectivity index (χ3n) is 17.3. The van der Waals surface area contributed by atoms with Crippen LogP contribution in [-0.4, -0.2) is 0 Å². The van der Waals surface area contributed by atoms with Crippen molar-refractivity contribution < 1.29 is 0 Å². The van der Waals surface area contributed by atoms with Gasteiger partial charge < -0.3 is 0 Å². The maximum absolute atomic E-state index is 2.56. The molecule has 0 fully saturated rings. The lowest BCUT2D eigenvalue weighted by Crippen LogP contribution is -1.93. The van der Waals surface area contributed by atoms with E-state index in [9.17, 15) is 0 Å². The highest BCUT2D eigenvalue weighted by Crippen LogP contribution is 2.57. The quantitative estimate of drug-likeness (QED) is 0.115. The van der Waals surface area contributed by atoms with E-state index >= 15 is 0 Å². The molecule has 0 aromatic heterocycles. The van der Waals surface area contributed by atoms with Crippen LogP contribution in [0.4, 0.5) is 0 Å². The molecule has 0 aliphatic rings. The average Bonchev–Trinajstić information content (AvgIpc) is 4.22. The zero-order valence-electron chi connectivity index (χ0n) is 42.6. The monoisotopic (exact) mass is 982 g/mol. The van der Waals surface area contributed by atoms with Crippen LogP contribution in [0.25, 0.3) is 174 Å². The van der Waals surface area contributed by atoms with E-state index < -0.39 is 0 Å². The number of benzene rings is 15. The molecule has 0 atom stereocenters. The van der Waals surface area contributed by atoms with Gasteiger partial charge in [0, 0.05) is 0 Å². The van der Waals surface area contributed by atoms with Crippen molar-refractivity contribution in [2.24, 2.45) is 0 Å². The Morgan fingerprint density at radius 3 is 1.29 bits per heavy atom. The van der Waals surface area contributed by atoms with Gasteiger partial charge in [-0.3, -0.25) is 0 Å². The molecule has 17 rings (SSSR count). The summed E-state index contributed by atoms with van der Waals surface area (Å²) in [5.74, 6) is 0. The molecule has 0 heterocycles. The fraction of sp³-hybridized carbons (Fsp3) is 0. The van der Waals surface area contributed by atoms with Crippen LogP contribution in [0.1, 0.15) is 0 Å². The molecule has 0 unspecified atom stereocenters. The Kier molecular flexibility index (Phi) is 9.22. The first-order valence-corrected chi connectivity index (χ1v) is 27.2. The van der Waals surface area contributed by atoms with Crippen LogP contribution in [0.2, 0.25) is 0 Å². The van der Waals surface area contributed by atoms with Gasteiger partial charge in [-0.15, -0.1) is 0 Å². The first-order chi connectivity index (χ1) is 38.8. The van der Waals surface area contributed by atoms with E-state index in [0.29, 0.717) is 0 Å². The summed E-state index contributed by atoms with van der Waals surface area (Å²) in [5, 5.41) is 25.6. The Labute approximate surface area is 451 Å². The summed E-state index contributed by atoms with van der Waals surface area (Å²) in [7, 11) is 0. The number of rotatable bonds is 6. The molecule has 0 aliphatic carbocycles. The standard InChI is InChI=1S/C78H46/c1-5-22-47(23-6-1)53-31-15-18-35-58(53)74-68-46-66-57-34-17-16-33-56(57)59-38-21-39-63(72(59)66)75(68)71(50-28-11-4-12-29-50)78-67-45-51-30-13-14-32-54(51)73-55(42-43-64(76(67)73)77(74)78)52-40-41-62-65(44-52)70(49-26-9-3-10-27-49)61-37-20-19-36-60(61)69(62)48-24-7-2-8-25-48/h1-46H. The van der Waals surface area contributed by atoms with Gasteiger partial charge in [0.2, 0.25) is 0 Å². The zero-order valence-corrected chi connectivity index (χ0v) is 42.6. The molecule has 0 amide bonds. The first-order valence-electron chi connectivity index (χ1n) is 27.2. The molecule has 0 aliphatic heterocycles. The smallest absolute Gasteiger partial charge is 0.000696 e. The van der Waals surface area contributed by atoms with Gasteiger partial charge in [0.25, 0.3) is 0 Å². The van der Waals surface area contributed by atoms with Crippen molar-refractivity contribution in [3.05, 3.63) is 279 Å². The summed E-state index contributed by atoms with van der Waals surface area (Å²) in [6.07, 6.45) is 0. The highest BCUT2D eigenvalue weighted by molar-refractivity contribution is 6.47. The summed E-state index contributed by atoms with van der Waals surface area (Å²) in [4.78, 5) is 0. The van der Waals surface area contributed by atoms with Gasteiger partial charge in [-0.1, -0.05) is 261 Å². The van der Waals surface area contributed by atoms with Crippen LogP contribution in [0, 0.1) is 0 Å². The molecule has 0 spiro atoms. The largest absolute Gasteiger partial charge is 0.0622 e. The molecule has 0 saturated heterocycles. The summed E-state index contributed by atoms with van der Waals surface area (Å²) < 4.78 is 0. The van der Waals surface area contributed by atoms with Crippen LogP contribution >= 0.6 is 0 Å². The molecule has 17 aromatic carbocycles. The average molecular weight is 983 g/mol. The molecule has 0 nitrogen and oxygen atoms in total. The highest BCUT2D eigenvalue weighted by Gasteiger charge is 2.29. The first kappa shape index (κ1) is 43.1. The van der Waals surface area contributed by atoms with Crippen LogP contribution in [0.5, 0.6) is 0 Å². The topological polar surface area (TPSA) is 0 Å². The Bertz CT molecular complexity index is 5270. The van der Waals surface area contributed by atoms with Gasteiger partial charge in [0.15, 0.2) is 0 Å². The molecule has 17 aromatic rings. The predicted molar refractivity (Wildman–Crippen MR) is 336 cm³/mol. The van der Waals surface area contributed by atoms with Gasteiger partial charge in [-0.2, -0.15) is 0 Å². The second-order valence-corrected chi connectivity index (χ2v) is 21.2. The minimum absolute atomic E-state index is 1.20. The SMILES string of the molecule is c1ccc(-c2ccccc2-c2c3cc4c5ccccc5c5cccc(c3c(-c3ccccc3)c3c6cc7ccccc7c7c(-c8ccc9c(-c%10ccccc%10)c%10ccccc%10c(-c%10ccccc%10)c9c8)ccc(c23)c67)c54)cc1. The predicted octanol–water partition coefficient (Wildman–Crippen LogP) is 22.1. The maximum atomic E-state index is 2.56. The fourth-order valence-electron chi connectivity index (χ4n) is 14.2. The van der Waals surface area contributed by atoms with E-state index in [-0.39, 0.29) is 0 Å². The summed E-state index contributed by atoms with van der Waals surface area (Å²) in [5.41, 5.74) is 14.8. The Balaban J connectivity index is 1.08. The minimum atomic E-state index is 1.20. The van der Waals surface area contributed by atoms with Crippen LogP contribution < -0.4 is 0 Å². The van der Waals surface area contributed by atoms with Gasteiger partial charge in [-0.25, -0.2) is 0 Å². The highest BCUT2D eigenvalue weighted by atomic mass is 14.3. The van der Waals surface area contributed by atoms with E-state index in [2.05, 4.69) is 279 Å². The number of fused-ring (bicyclic) bond motifs is 12. The lowest BCUT2D eigenvalue weighted by Gasteiger charge is -2.20. The molecule has 0 saturated carbocycles. The van der Waals surface area contributed by atoms with Gasteiger partial charge in [0.05, 0.1) is 0 Å². The van der Waals surface area contributed by atoms with Gasteiger partial charge in [0.1, 0.15) is 0 Å².